The van der Waals surface area contributed by atoms with E-state index in [9.17, 15) is 0 Å². The molecule has 5 heteroatoms. The van der Waals surface area contributed by atoms with Gasteiger partial charge in [-0.15, -0.1) is 24.0 Å². The molecule has 0 aromatic heterocycles. The molecule has 136 valence electrons. The monoisotopic (exact) mass is 436 g/mol. The molecule has 3 unspecified atom stereocenters. The second kappa shape index (κ2) is 11.5. The highest BCUT2D eigenvalue weighted by atomic mass is 127. The van der Waals surface area contributed by atoms with Crippen LogP contribution in [0.4, 0.5) is 0 Å². The van der Waals surface area contributed by atoms with Gasteiger partial charge in [0.1, 0.15) is 0 Å². The van der Waals surface area contributed by atoms with E-state index in [-0.39, 0.29) is 24.0 Å². The molecule has 2 fully saturated rings. The van der Waals surface area contributed by atoms with Gasteiger partial charge in [0, 0.05) is 26.7 Å². The first-order chi connectivity index (χ1) is 10.7. The predicted molar refractivity (Wildman–Crippen MR) is 111 cm³/mol. The summed E-state index contributed by atoms with van der Waals surface area (Å²) in [5.74, 6) is 3.59. The van der Waals surface area contributed by atoms with Crippen LogP contribution in [0.25, 0.3) is 0 Å². The number of likely N-dealkylation sites (tertiary alicyclic amines) is 1. The lowest BCUT2D eigenvalue weighted by Gasteiger charge is -2.30. The Morgan fingerprint density at radius 3 is 2.61 bits per heavy atom. The standard InChI is InChI=1S/C18H36N4.HI/c1-15-6-4-7-16(12-15)9-10-20-18(19-2)21-13-17-8-5-11-22(3)14-17;/h15-17H,4-14H2,1-3H3,(H2,19,20,21);1H. The number of hydrogen-bond acceptors (Lipinski definition) is 2. The van der Waals surface area contributed by atoms with E-state index in [0.29, 0.717) is 0 Å². The number of rotatable bonds is 5. The number of nitrogens with zero attached hydrogens (tertiary/aromatic N) is 2. The number of guanidine groups is 1. The Bertz CT molecular complexity index is 348. The Labute approximate surface area is 160 Å². The molecule has 0 aromatic carbocycles. The van der Waals surface area contributed by atoms with Gasteiger partial charge < -0.3 is 15.5 Å². The summed E-state index contributed by atoms with van der Waals surface area (Å²) in [7, 11) is 4.11. The van der Waals surface area contributed by atoms with E-state index in [1.165, 1.54) is 58.0 Å². The fraction of sp³-hybridized carbons (Fsp3) is 0.944. The third-order valence-corrected chi connectivity index (χ3v) is 5.39. The fourth-order valence-corrected chi connectivity index (χ4v) is 4.12. The molecule has 2 N–H and O–H groups in total. The van der Waals surface area contributed by atoms with Crippen LogP contribution in [0.2, 0.25) is 0 Å². The van der Waals surface area contributed by atoms with Gasteiger partial charge in [-0.25, -0.2) is 0 Å². The lowest BCUT2D eigenvalue weighted by Crippen LogP contribution is -2.44. The quantitative estimate of drug-likeness (QED) is 0.395. The Hall–Kier alpha value is -0.0400. The van der Waals surface area contributed by atoms with Gasteiger partial charge in [0.05, 0.1) is 0 Å². The maximum absolute atomic E-state index is 4.37. The molecule has 3 atom stereocenters. The molecule has 0 radical (unpaired) electrons. The van der Waals surface area contributed by atoms with Crippen molar-refractivity contribution in [3.63, 3.8) is 0 Å². The van der Waals surface area contributed by atoms with Crippen LogP contribution >= 0.6 is 24.0 Å². The lowest BCUT2D eigenvalue weighted by molar-refractivity contribution is 0.210. The highest BCUT2D eigenvalue weighted by molar-refractivity contribution is 14.0. The first-order valence-corrected chi connectivity index (χ1v) is 9.30. The molecule has 1 heterocycles. The summed E-state index contributed by atoms with van der Waals surface area (Å²) in [6.45, 7) is 6.97. The minimum absolute atomic E-state index is 0. The van der Waals surface area contributed by atoms with E-state index < -0.39 is 0 Å². The second-order valence-electron chi connectivity index (χ2n) is 7.58. The van der Waals surface area contributed by atoms with E-state index >= 15 is 0 Å². The van der Waals surface area contributed by atoms with Gasteiger partial charge in [0.2, 0.25) is 0 Å². The molecule has 2 rings (SSSR count). The molecule has 1 aliphatic heterocycles. The van der Waals surface area contributed by atoms with Crippen LogP contribution in [0, 0.1) is 17.8 Å². The minimum Gasteiger partial charge on any atom is -0.356 e. The third-order valence-electron chi connectivity index (χ3n) is 5.39. The Balaban J connectivity index is 0.00000264. The number of nitrogens with one attached hydrogen (secondary N) is 2. The van der Waals surface area contributed by atoms with E-state index in [2.05, 4.69) is 34.5 Å². The van der Waals surface area contributed by atoms with Crippen molar-refractivity contribution in [3.8, 4) is 0 Å². The molecule has 1 saturated carbocycles. The van der Waals surface area contributed by atoms with Crippen LogP contribution in [0.1, 0.15) is 51.9 Å². The number of aliphatic imine (C=N–C) groups is 1. The van der Waals surface area contributed by atoms with Gasteiger partial charge in [-0.3, -0.25) is 4.99 Å². The van der Waals surface area contributed by atoms with Crippen LogP contribution in [-0.2, 0) is 0 Å². The molecular weight excluding hydrogens is 399 g/mol. The van der Waals surface area contributed by atoms with Crippen molar-refractivity contribution < 1.29 is 0 Å². The fourth-order valence-electron chi connectivity index (χ4n) is 4.12. The number of hydrogen-bond donors (Lipinski definition) is 2. The second-order valence-corrected chi connectivity index (χ2v) is 7.58. The largest absolute Gasteiger partial charge is 0.356 e. The van der Waals surface area contributed by atoms with E-state index in [0.717, 1.165) is 36.8 Å². The molecule has 1 aliphatic carbocycles. The van der Waals surface area contributed by atoms with Gasteiger partial charge in [-0.05, 0) is 57.0 Å². The summed E-state index contributed by atoms with van der Waals surface area (Å²) in [5, 5.41) is 7.03. The average molecular weight is 436 g/mol. The lowest BCUT2D eigenvalue weighted by atomic mass is 9.81. The summed E-state index contributed by atoms with van der Waals surface area (Å²) in [4.78, 5) is 6.81. The van der Waals surface area contributed by atoms with Crippen molar-refractivity contribution in [2.45, 2.75) is 51.9 Å². The first kappa shape index (κ1) is 21.0. The van der Waals surface area contributed by atoms with Crippen molar-refractivity contribution in [1.29, 1.82) is 0 Å². The highest BCUT2D eigenvalue weighted by Crippen LogP contribution is 2.30. The Kier molecular flexibility index (Phi) is 10.5. The molecule has 23 heavy (non-hydrogen) atoms. The molecule has 1 saturated heterocycles. The zero-order valence-electron chi connectivity index (χ0n) is 15.3. The van der Waals surface area contributed by atoms with Crippen LogP contribution in [0.5, 0.6) is 0 Å². The van der Waals surface area contributed by atoms with Crippen LogP contribution in [-0.4, -0.2) is 51.1 Å². The predicted octanol–water partition coefficient (Wildman–Crippen LogP) is 3.33. The summed E-state index contributed by atoms with van der Waals surface area (Å²) < 4.78 is 0. The normalized spacial score (nSPS) is 29.7. The van der Waals surface area contributed by atoms with Gasteiger partial charge in [-0.2, -0.15) is 0 Å². The zero-order chi connectivity index (χ0) is 15.8. The third kappa shape index (κ3) is 8.05. The van der Waals surface area contributed by atoms with Crippen molar-refractivity contribution >= 4 is 29.9 Å². The highest BCUT2D eigenvalue weighted by Gasteiger charge is 2.19. The minimum atomic E-state index is 0. The SMILES string of the molecule is CN=C(NCCC1CCCC(C)C1)NCC1CCCN(C)C1.I. The van der Waals surface area contributed by atoms with Crippen molar-refractivity contribution in [2.24, 2.45) is 22.7 Å². The van der Waals surface area contributed by atoms with Crippen molar-refractivity contribution in [3.05, 3.63) is 0 Å². The molecule has 0 aromatic rings. The van der Waals surface area contributed by atoms with Crippen molar-refractivity contribution in [1.82, 2.24) is 15.5 Å². The van der Waals surface area contributed by atoms with Crippen LogP contribution < -0.4 is 10.6 Å². The maximum Gasteiger partial charge on any atom is 0.190 e. The smallest absolute Gasteiger partial charge is 0.190 e. The zero-order valence-corrected chi connectivity index (χ0v) is 17.6. The average Bonchev–Trinajstić information content (AvgIpc) is 2.51. The summed E-state index contributed by atoms with van der Waals surface area (Å²) >= 11 is 0. The summed E-state index contributed by atoms with van der Waals surface area (Å²) in [5.41, 5.74) is 0. The number of piperidine rings is 1. The summed E-state index contributed by atoms with van der Waals surface area (Å²) in [6, 6.07) is 0. The van der Waals surface area contributed by atoms with Gasteiger partial charge in [-0.1, -0.05) is 26.2 Å². The molecule has 0 amide bonds. The first-order valence-electron chi connectivity index (χ1n) is 9.30. The van der Waals surface area contributed by atoms with Gasteiger partial charge in [0.15, 0.2) is 5.96 Å². The summed E-state index contributed by atoms with van der Waals surface area (Å²) in [6.07, 6.45) is 9.66. The Morgan fingerprint density at radius 2 is 1.91 bits per heavy atom. The maximum atomic E-state index is 4.37. The van der Waals surface area contributed by atoms with Crippen LogP contribution in [0.15, 0.2) is 4.99 Å². The number of halogens is 1. The van der Waals surface area contributed by atoms with E-state index in [4.69, 9.17) is 0 Å². The van der Waals surface area contributed by atoms with E-state index in [1.807, 2.05) is 7.05 Å². The molecular formula is C18H37IN4. The van der Waals surface area contributed by atoms with E-state index in [1.54, 1.807) is 0 Å². The molecule has 0 bridgehead atoms. The molecule has 2 aliphatic rings. The topological polar surface area (TPSA) is 39.7 Å². The Morgan fingerprint density at radius 1 is 1.13 bits per heavy atom. The van der Waals surface area contributed by atoms with Gasteiger partial charge >= 0.3 is 0 Å². The van der Waals surface area contributed by atoms with Crippen LogP contribution in [0.3, 0.4) is 0 Å². The van der Waals surface area contributed by atoms with Gasteiger partial charge in [0.25, 0.3) is 0 Å². The molecule has 0 spiro atoms. The molecule has 4 nitrogen and oxygen atoms in total. The van der Waals surface area contributed by atoms with Crippen molar-refractivity contribution in [2.75, 3.05) is 40.3 Å².